The van der Waals surface area contributed by atoms with Crippen molar-refractivity contribution in [2.75, 3.05) is 32.0 Å². The number of rotatable bonds is 5. The number of nitrogens with two attached hydrogens (primary N) is 1. The molecule has 0 spiro atoms. The average Bonchev–Trinajstić information content (AvgIpc) is 2.35. The number of carboxylic acid groups (broad SMARTS) is 1. The van der Waals surface area contributed by atoms with Gasteiger partial charge in [-0.1, -0.05) is 23.2 Å². The first-order chi connectivity index (χ1) is 8.93. The number of nitrogen functional groups attached to an aromatic ring is 1. The molecule has 0 atom stereocenters. The van der Waals surface area contributed by atoms with E-state index in [1.165, 1.54) is 12.1 Å². The topological polar surface area (TPSA) is 116 Å². The highest BCUT2D eigenvalue weighted by Gasteiger charge is 2.11. The predicted octanol–water partition coefficient (Wildman–Crippen LogP) is 0.834. The van der Waals surface area contributed by atoms with Crippen molar-refractivity contribution in [1.29, 1.82) is 0 Å². The zero-order chi connectivity index (χ0) is 14.8. The monoisotopic (exact) mass is 310 g/mol. The normalized spacial score (nSPS) is 9.68. The highest BCUT2D eigenvalue weighted by molar-refractivity contribution is 6.37. The largest absolute Gasteiger partial charge is 0.478 e. The van der Waals surface area contributed by atoms with Gasteiger partial charge in [-0.3, -0.25) is 0 Å². The molecular formula is C11H16Cl2N2O4. The molecule has 0 heterocycles. The molecule has 1 aromatic carbocycles. The zero-order valence-corrected chi connectivity index (χ0v) is 11.6. The molecule has 0 aromatic heterocycles. The van der Waals surface area contributed by atoms with E-state index in [1.807, 2.05) is 0 Å². The molecule has 0 fully saturated rings. The van der Waals surface area contributed by atoms with E-state index in [9.17, 15) is 4.79 Å². The second kappa shape index (κ2) is 9.82. The Morgan fingerprint density at radius 2 is 1.74 bits per heavy atom. The van der Waals surface area contributed by atoms with Gasteiger partial charge in [-0.15, -0.1) is 0 Å². The smallest absolute Gasteiger partial charge is 0.337 e. The quantitative estimate of drug-likeness (QED) is 0.406. The van der Waals surface area contributed by atoms with Crippen LogP contribution < -0.4 is 11.1 Å². The third kappa shape index (κ3) is 7.19. The van der Waals surface area contributed by atoms with Crippen LogP contribution in [0.25, 0.3) is 0 Å². The van der Waals surface area contributed by atoms with E-state index in [4.69, 9.17) is 44.3 Å². The number of carboxylic acids is 1. The second-order valence-corrected chi connectivity index (χ2v) is 4.17. The maximum Gasteiger partial charge on any atom is 0.337 e. The summed E-state index contributed by atoms with van der Waals surface area (Å²) in [6, 6.07) is 2.65. The maximum absolute atomic E-state index is 10.5. The number of anilines is 1. The molecule has 0 aliphatic carbocycles. The van der Waals surface area contributed by atoms with E-state index >= 15 is 0 Å². The molecular weight excluding hydrogens is 295 g/mol. The fourth-order valence-electron chi connectivity index (χ4n) is 1.05. The van der Waals surface area contributed by atoms with Gasteiger partial charge in [-0.2, -0.15) is 0 Å². The maximum atomic E-state index is 10.5. The summed E-state index contributed by atoms with van der Waals surface area (Å²) in [7, 11) is 0. The summed E-state index contributed by atoms with van der Waals surface area (Å²) in [6.07, 6.45) is 0. The number of aliphatic hydroxyl groups excluding tert-OH is 2. The van der Waals surface area contributed by atoms with Crippen LogP contribution in [0.2, 0.25) is 10.0 Å². The first-order valence-corrected chi connectivity index (χ1v) is 6.09. The van der Waals surface area contributed by atoms with Gasteiger partial charge in [-0.25, -0.2) is 4.79 Å². The summed E-state index contributed by atoms with van der Waals surface area (Å²) in [5, 5.41) is 28.0. The summed E-state index contributed by atoms with van der Waals surface area (Å²) in [5.74, 6) is -1.14. The van der Waals surface area contributed by atoms with Gasteiger partial charge in [0.25, 0.3) is 0 Å². The van der Waals surface area contributed by atoms with Crippen molar-refractivity contribution in [1.82, 2.24) is 5.32 Å². The Kier molecular flexibility index (Phi) is 9.28. The van der Waals surface area contributed by atoms with Crippen molar-refractivity contribution >= 4 is 34.9 Å². The van der Waals surface area contributed by atoms with E-state index in [2.05, 4.69) is 5.32 Å². The zero-order valence-electron chi connectivity index (χ0n) is 10.1. The Balaban J connectivity index is 0.000000399. The second-order valence-electron chi connectivity index (χ2n) is 3.36. The number of benzene rings is 1. The Morgan fingerprint density at radius 3 is 2.16 bits per heavy atom. The van der Waals surface area contributed by atoms with Crippen LogP contribution in [-0.4, -0.2) is 47.6 Å². The lowest BCUT2D eigenvalue weighted by Gasteiger charge is -2.02. The molecule has 1 rings (SSSR count). The van der Waals surface area contributed by atoms with E-state index < -0.39 is 5.97 Å². The average molecular weight is 311 g/mol. The Hall–Kier alpha value is -1.05. The van der Waals surface area contributed by atoms with Gasteiger partial charge in [0.15, 0.2) is 0 Å². The fraction of sp³-hybridized carbons (Fsp3) is 0.364. The molecule has 6 nitrogen and oxygen atoms in total. The molecule has 0 aliphatic heterocycles. The number of halogens is 2. The van der Waals surface area contributed by atoms with Crippen molar-refractivity contribution in [3.05, 3.63) is 27.7 Å². The highest BCUT2D eigenvalue weighted by atomic mass is 35.5. The molecule has 6 N–H and O–H groups in total. The molecule has 0 saturated carbocycles. The van der Waals surface area contributed by atoms with Gasteiger partial charge in [-0.05, 0) is 12.1 Å². The molecule has 0 saturated heterocycles. The van der Waals surface area contributed by atoms with Crippen LogP contribution in [-0.2, 0) is 0 Å². The lowest BCUT2D eigenvalue weighted by atomic mass is 10.2. The number of hydrogen-bond acceptors (Lipinski definition) is 5. The van der Waals surface area contributed by atoms with E-state index in [0.717, 1.165) is 0 Å². The molecule has 0 aliphatic rings. The number of aromatic carboxylic acids is 1. The molecule has 19 heavy (non-hydrogen) atoms. The number of carbonyl (C=O) groups is 1. The van der Waals surface area contributed by atoms with E-state index in [-0.39, 0.29) is 34.5 Å². The van der Waals surface area contributed by atoms with Gasteiger partial charge in [0.05, 0.1) is 29.5 Å². The van der Waals surface area contributed by atoms with Crippen molar-refractivity contribution in [2.45, 2.75) is 0 Å². The van der Waals surface area contributed by atoms with Gasteiger partial charge in [0.1, 0.15) is 0 Å². The number of nitrogens with one attached hydrogen (secondary N) is 1. The molecule has 0 bridgehead atoms. The predicted molar refractivity (Wildman–Crippen MR) is 74.9 cm³/mol. The van der Waals surface area contributed by atoms with Crippen molar-refractivity contribution in [2.24, 2.45) is 0 Å². The van der Waals surface area contributed by atoms with Crippen LogP contribution in [0.15, 0.2) is 12.1 Å². The molecule has 1 aromatic rings. The molecule has 0 amide bonds. The minimum absolute atomic E-state index is 0.0203. The molecule has 8 heteroatoms. The summed E-state index contributed by atoms with van der Waals surface area (Å²) < 4.78 is 0. The fourth-order valence-corrected chi connectivity index (χ4v) is 1.47. The van der Waals surface area contributed by atoms with Gasteiger partial charge in [0.2, 0.25) is 0 Å². The summed E-state index contributed by atoms with van der Waals surface area (Å²) >= 11 is 11.2. The lowest BCUT2D eigenvalue weighted by molar-refractivity contribution is 0.0697. The number of aliphatic hydroxyl groups is 2. The Labute approximate surface area is 120 Å². The molecule has 0 unspecified atom stereocenters. The summed E-state index contributed by atoms with van der Waals surface area (Å²) in [4.78, 5) is 10.5. The van der Waals surface area contributed by atoms with E-state index in [1.54, 1.807) is 0 Å². The summed E-state index contributed by atoms with van der Waals surface area (Å²) in [5.41, 5.74) is 5.47. The van der Waals surface area contributed by atoms with Crippen LogP contribution in [0.1, 0.15) is 10.4 Å². The van der Waals surface area contributed by atoms with Crippen molar-refractivity contribution in [3.8, 4) is 0 Å². The van der Waals surface area contributed by atoms with Crippen LogP contribution in [0.3, 0.4) is 0 Å². The molecule has 0 radical (unpaired) electrons. The SMILES string of the molecule is Nc1cc(Cl)cc(C(=O)O)c1Cl.OCCNCCO. The van der Waals surface area contributed by atoms with Crippen molar-refractivity contribution < 1.29 is 20.1 Å². The minimum atomic E-state index is -1.14. The van der Waals surface area contributed by atoms with Crippen LogP contribution in [0.4, 0.5) is 5.69 Å². The highest BCUT2D eigenvalue weighted by Crippen LogP contribution is 2.27. The standard InChI is InChI=1S/C7H5Cl2NO2.C4H11NO2/c8-3-1-4(7(11)12)6(9)5(10)2-3;6-3-1-5-2-4-7/h1-2H,10H2,(H,11,12);5-7H,1-4H2. The third-order valence-electron chi connectivity index (χ3n) is 1.87. The van der Waals surface area contributed by atoms with Crippen LogP contribution in [0.5, 0.6) is 0 Å². The first kappa shape index (κ1) is 17.9. The Morgan fingerprint density at radius 1 is 1.21 bits per heavy atom. The van der Waals surface area contributed by atoms with Gasteiger partial charge in [0, 0.05) is 18.1 Å². The van der Waals surface area contributed by atoms with Gasteiger partial charge < -0.3 is 26.4 Å². The minimum Gasteiger partial charge on any atom is -0.478 e. The van der Waals surface area contributed by atoms with Crippen molar-refractivity contribution in [3.63, 3.8) is 0 Å². The molecule has 108 valence electrons. The van der Waals surface area contributed by atoms with Crippen LogP contribution >= 0.6 is 23.2 Å². The van der Waals surface area contributed by atoms with Crippen LogP contribution in [0, 0.1) is 0 Å². The van der Waals surface area contributed by atoms with Gasteiger partial charge >= 0.3 is 5.97 Å². The summed E-state index contributed by atoms with van der Waals surface area (Å²) in [6.45, 7) is 1.42. The Bertz CT molecular complexity index is 412. The lowest BCUT2D eigenvalue weighted by Crippen LogP contribution is -2.21. The van der Waals surface area contributed by atoms with E-state index in [0.29, 0.717) is 13.1 Å². The number of hydrogen-bond donors (Lipinski definition) is 5. The first-order valence-electron chi connectivity index (χ1n) is 5.34. The third-order valence-corrected chi connectivity index (χ3v) is 2.51.